The normalized spacial score (nSPS) is 11.5. The van der Waals surface area contributed by atoms with Crippen LogP contribution in [0.1, 0.15) is 27.8 Å². The minimum atomic E-state index is -0.333. The third-order valence-electron chi connectivity index (χ3n) is 4.74. The Kier molecular flexibility index (Phi) is 5.49. The Hall–Kier alpha value is -4.00. The maximum atomic E-state index is 13.6. The van der Waals surface area contributed by atoms with Gasteiger partial charge in [0.25, 0.3) is 0 Å². The van der Waals surface area contributed by atoms with Gasteiger partial charge >= 0.3 is 0 Å². The van der Waals surface area contributed by atoms with Crippen molar-refractivity contribution in [3.8, 4) is 17.2 Å². The Morgan fingerprint density at radius 3 is 2.23 bits per heavy atom. The van der Waals surface area contributed by atoms with E-state index in [2.05, 4.69) is 4.98 Å². The van der Waals surface area contributed by atoms with Crippen LogP contribution >= 0.6 is 0 Å². The minimum absolute atomic E-state index is 0.189. The highest BCUT2D eigenvalue weighted by molar-refractivity contribution is 6.31. The summed E-state index contributed by atoms with van der Waals surface area (Å²) in [6, 6.07) is 14.1. The van der Waals surface area contributed by atoms with Crippen LogP contribution in [-0.2, 0) is 0 Å². The number of rotatable bonds is 7. The van der Waals surface area contributed by atoms with Crippen molar-refractivity contribution >= 4 is 28.5 Å². The largest absolute Gasteiger partial charge is 0.493 e. The maximum Gasteiger partial charge on any atom is 0.231 e. The lowest BCUT2D eigenvalue weighted by Gasteiger charge is -2.14. The fraction of sp³-hybridized carbons (Fsp3) is 0.167. The molecule has 0 saturated carbocycles. The van der Waals surface area contributed by atoms with Crippen molar-refractivity contribution < 1.29 is 27.8 Å². The van der Waals surface area contributed by atoms with E-state index in [9.17, 15) is 4.79 Å². The molecule has 158 valence electrons. The number of oxazole rings is 1. The van der Waals surface area contributed by atoms with E-state index in [1.807, 2.05) is 31.2 Å². The van der Waals surface area contributed by atoms with Gasteiger partial charge in [-0.2, -0.15) is 0 Å². The molecule has 0 aliphatic rings. The van der Waals surface area contributed by atoms with Crippen LogP contribution in [-0.4, -0.2) is 32.1 Å². The van der Waals surface area contributed by atoms with Crippen LogP contribution in [0.4, 0.5) is 0 Å². The van der Waals surface area contributed by atoms with Crippen LogP contribution in [0.15, 0.2) is 57.4 Å². The molecule has 0 spiro atoms. The highest BCUT2D eigenvalue weighted by Crippen LogP contribution is 2.39. The summed E-state index contributed by atoms with van der Waals surface area (Å²) >= 11 is 0. The number of aromatic nitrogens is 1. The Bertz CT molecular complexity index is 1220. The maximum absolute atomic E-state index is 13.6. The monoisotopic (exact) mass is 419 g/mol. The Balaban J connectivity index is 1.87. The summed E-state index contributed by atoms with van der Waals surface area (Å²) in [6.45, 7) is 1.83. The molecule has 0 amide bonds. The summed E-state index contributed by atoms with van der Waals surface area (Å²) in [5.74, 6) is 2.23. The van der Waals surface area contributed by atoms with Crippen LogP contribution in [0.25, 0.3) is 22.7 Å². The zero-order valence-electron chi connectivity index (χ0n) is 17.6. The predicted molar refractivity (Wildman–Crippen MR) is 116 cm³/mol. The SMILES string of the molecule is COc1cc(C(=O)C(=Cc2ccc(C)o2)c2nc3ccccc3o2)cc(OC)c1OC. The molecule has 4 aromatic rings. The van der Waals surface area contributed by atoms with E-state index < -0.39 is 0 Å². The van der Waals surface area contributed by atoms with E-state index >= 15 is 0 Å². The number of fused-ring (bicyclic) bond motifs is 1. The highest BCUT2D eigenvalue weighted by Gasteiger charge is 2.24. The van der Waals surface area contributed by atoms with Crippen molar-refractivity contribution in [2.24, 2.45) is 0 Å². The second-order valence-electron chi connectivity index (χ2n) is 6.74. The molecule has 4 rings (SSSR count). The molecule has 0 bridgehead atoms. The molecule has 0 atom stereocenters. The number of furan rings is 1. The van der Waals surface area contributed by atoms with Gasteiger partial charge in [0.2, 0.25) is 11.6 Å². The molecule has 7 heteroatoms. The number of aryl methyl sites for hydroxylation is 1. The molecule has 0 fully saturated rings. The quantitative estimate of drug-likeness (QED) is 0.301. The number of methoxy groups -OCH3 is 3. The lowest BCUT2D eigenvalue weighted by atomic mass is 10.0. The van der Waals surface area contributed by atoms with E-state index in [1.165, 1.54) is 21.3 Å². The number of hydrogen-bond donors (Lipinski definition) is 0. The van der Waals surface area contributed by atoms with E-state index in [4.69, 9.17) is 23.0 Å². The molecule has 7 nitrogen and oxygen atoms in total. The number of hydrogen-bond acceptors (Lipinski definition) is 7. The molecule has 2 heterocycles. The number of para-hydroxylation sites is 2. The molecular formula is C24H21NO6. The van der Waals surface area contributed by atoms with Gasteiger partial charge in [0.15, 0.2) is 22.9 Å². The fourth-order valence-corrected chi connectivity index (χ4v) is 3.25. The molecule has 0 aliphatic heterocycles. The van der Waals surface area contributed by atoms with Crippen LogP contribution < -0.4 is 14.2 Å². The van der Waals surface area contributed by atoms with Crippen LogP contribution in [0, 0.1) is 6.92 Å². The number of carbonyl (C=O) groups excluding carboxylic acids is 1. The third kappa shape index (κ3) is 3.90. The summed E-state index contributed by atoms with van der Waals surface area (Å²) in [6.07, 6.45) is 1.61. The second kappa shape index (κ2) is 8.39. The molecule has 2 aromatic carbocycles. The van der Waals surface area contributed by atoms with Gasteiger partial charge in [-0.3, -0.25) is 4.79 Å². The van der Waals surface area contributed by atoms with Crippen molar-refractivity contribution in [2.45, 2.75) is 6.92 Å². The Labute approximate surface area is 178 Å². The molecule has 2 aromatic heterocycles. The lowest BCUT2D eigenvalue weighted by Crippen LogP contribution is -2.05. The molecule has 0 saturated heterocycles. The first-order chi connectivity index (χ1) is 15.0. The van der Waals surface area contributed by atoms with E-state index in [1.54, 1.807) is 30.3 Å². The van der Waals surface area contributed by atoms with Crippen molar-refractivity contribution in [1.29, 1.82) is 0 Å². The number of carbonyl (C=O) groups is 1. The van der Waals surface area contributed by atoms with Gasteiger partial charge in [-0.25, -0.2) is 4.98 Å². The molecule has 31 heavy (non-hydrogen) atoms. The number of Topliss-reactive ketones (excluding diaryl/α,β-unsaturated/α-hetero) is 1. The summed E-state index contributed by atoms with van der Waals surface area (Å²) in [4.78, 5) is 18.1. The number of ketones is 1. The van der Waals surface area contributed by atoms with Crippen LogP contribution in [0.2, 0.25) is 0 Å². The van der Waals surface area contributed by atoms with E-state index in [0.717, 1.165) is 5.76 Å². The lowest BCUT2D eigenvalue weighted by molar-refractivity contribution is 0.105. The molecule has 0 unspecified atom stereocenters. The first kappa shape index (κ1) is 20.3. The van der Waals surface area contributed by atoms with Gasteiger partial charge in [0.1, 0.15) is 17.0 Å². The average Bonchev–Trinajstić information content (AvgIpc) is 3.41. The summed E-state index contributed by atoms with van der Waals surface area (Å²) < 4.78 is 27.7. The zero-order chi connectivity index (χ0) is 22.0. The molecule has 0 radical (unpaired) electrons. The topological polar surface area (TPSA) is 83.9 Å². The summed E-state index contributed by atoms with van der Waals surface area (Å²) in [7, 11) is 4.49. The van der Waals surface area contributed by atoms with Crippen molar-refractivity contribution in [3.63, 3.8) is 0 Å². The number of allylic oxidation sites excluding steroid dienone is 1. The summed E-state index contributed by atoms with van der Waals surface area (Å²) in [5, 5.41) is 0. The fourth-order valence-electron chi connectivity index (χ4n) is 3.25. The van der Waals surface area contributed by atoms with Gasteiger partial charge in [0, 0.05) is 5.56 Å². The van der Waals surface area contributed by atoms with Crippen LogP contribution in [0.3, 0.4) is 0 Å². The highest BCUT2D eigenvalue weighted by atomic mass is 16.5. The van der Waals surface area contributed by atoms with Gasteiger partial charge < -0.3 is 23.0 Å². The number of nitrogens with zero attached hydrogens (tertiary/aromatic N) is 1. The van der Waals surface area contributed by atoms with E-state index in [0.29, 0.717) is 39.7 Å². The first-order valence-corrected chi connectivity index (χ1v) is 9.53. The Morgan fingerprint density at radius 2 is 1.65 bits per heavy atom. The molecular weight excluding hydrogens is 398 g/mol. The number of ether oxygens (including phenoxy) is 3. The minimum Gasteiger partial charge on any atom is -0.493 e. The number of benzene rings is 2. The standard InChI is InChI=1S/C24H21NO6/c1-14-9-10-16(30-14)13-17(24-25-18-7-5-6-8-19(18)31-24)22(26)15-11-20(27-2)23(29-4)21(12-15)28-3/h5-13H,1-4H3. The predicted octanol–water partition coefficient (Wildman–Crippen LogP) is 5.18. The van der Waals surface area contributed by atoms with Gasteiger partial charge in [-0.1, -0.05) is 12.1 Å². The summed E-state index contributed by atoms with van der Waals surface area (Å²) in [5.41, 5.74) is 1.79. The van der Waals surface area contributed by atoms with E-state index in [-0.39, 0.29) is 17.2 Å². The Morgan fingerprint density at radius 1 is 0.935 bits per heavy atom. The van der Waals surface area contributed by atoms with Crippen molar-refractivity contribution in [2.75, 3.05) is 21.3 Å². The van der Waals surface area contributed by atoms with Gasteiger partial charge in [-0.15, -0.1) is 0 Å². The average molecular weight is 419 g/mol. The molecule has 0 N–H and O–H groups in total. The van der Waals surface area contributed by atoms with Gasteiger partial charge in [0.05, 0.1) is 26.9 Å². The van der Waals surface area contributed by atoms with Gasteiger partial charge in [-0.05, 0) is 49.4 Å². The molecule has 0 aliphatic carbocycles. The third-order valence-corrected chi connectivity index (χ3v) is 4.74. The first-order valence-electron chi connectivity index (χ1n) is 9.53. The van der Waals surface area contributed by atoms with Crippen molar-refractivity contribution in [3.05, 3.63) is 71.5 Å². The second-order valence-corrected chi connectivity index (χ2v) is 6.74. The smallest absolute Gasteiger partial charge is 0.231 e. The zero-order valence-corrected chi connectivity index (χ0v) is 17.6. The van der Waals surface area contributed by atoms with Crippen LogP contribution in [0.5, 0.6) is 17.2 Å². The van der Waals surface area contributed by atoms with Crippen molar-refractivity contribution in [1.82, 2.24) is 4.98 Å².